The number of amides is 2. The van der Waals surface area contributed by atoms with Gasteiger partial charge in [0, 0.05) is 24.7 Å². The van der Waals surface area contributed by atoms with Gasteiger partial charge in [-0.25, -0.2) is 0 Å². The highest BCUT2D eigenvalue weighted by Crippen LogP contribution is 2.22. The number of carbonyl (C=O) groups is 2. The fourth-order valence-electron chi connectivity index (χ4n) is 2.41. The topological polar surface area (TPSA) is 49.4 Å². The van der Waals surface area contributed by atoms with Gasteiger partial charge in [0.05, 0.1) is 6.42 Å². The zero-order valence-corrected chi connectivity index (χ0v) is 10.9. The lowest BCUT2D eigenvalue weighted by molar-refractivity contribution is -0.120. The molecular weight excluding hydrogens is 240 g/mol. The summed E-state index contributed by atoms with van der Waals surface area (Å²) < 4.78 is 0. The van der Waals surface area contributed by atoms with Gasteiger partial charge in [-0.05, 0) is 37.0 Å². The van der Waals surface area contributed by atoms with E-state index in [4.69, 9.17) is 0 Å². The van der Waals surface area contributed by atoms with E-state index in [1.807, 2.05) is 29.2 Å². The third-order valence-electron chi connectivity index (χ3n) is 3.63. The first-order chi connectivity index (χ1) is 9.22. The van der Waals surface area contributed by atoms with Crippen molar-refractivity contribution < 1.29 is 9.59 Å². The number of rotatable bonds is 4. The van der Waals surface area contributed by atoms with Crippen molar-refractivity contribution in [2.45, 2.75) is 38.1 Å². The number of nitrogens with one attached hydrogen (secondary N) is 1. The molecule has 100 valence electrons. The van der Waals surface area contributed by atoms with E-state index >= 15 is 0 Å². The van der Waals surface area contributed by atoms with Gasteiger partial charge in [-0.2, -0.15) is 0 Å². The van der Waals surface area contributed by atoms with Crippen molar-refractivity contribution in [3.63, 3.8) is 0 Å². The molecule has 0 atom stereocenters. The molecular formula is C15H18N2O2. The van der Waals surface area contributed by atoms with Crippen molar-refractivity contribution in [2.75, 3.05) is 11.4 Å². The molecule has 0 unspecified atom stereocenters. The van der Waals surface area contributed by atoms with Crippen molar-refractivity contribution >= 4 is 17.5 Å². The predicted octanol–water partition coefficient (Wildman–Crippen LogP) is 1.63. The van der Waals surface area contributed by atoms with Crippen LogP contribution in [0.2, 0.25) is 0 Å². The van der Waals surface area contributed by atoms with Gasteiger partial charge in [0.25, 0.3) is 0 Å². The van der Waals surface area contributed by atoms with Crippen LogP contribution in [0.5, 0.6) is 0 Å². The summed E-state index contributed by atoms with van der Waals surface area (Å²) in [7, 11) is 0. The molecule has 2 amide bonds. The Morgan fingerprint density at radius 1 is 1.26 bits per heavy atom. The summed E-state index contributed by atoms with van der Waals surface area (Å²) in [5.41, 5.74) is 1.93. The zero-order chi connectivity index (χ0) is 13.2. The van der Waals surface area contributed by atoms with Gasteiger partial charge in [0.1, 0.15) is 0 Å². The molecule has 2 aliphatic rings. The summed E-state index contributed by atoms with van der Waals surface area (Å²) in [6.45, 7) is 0.806. The highest BCUT2D eigenvalue weighted by molar-refractivity contribution is 5.95. The maximum Gasteiger partial charge on any atom is 0.227 e. The van der Waals surface area contributed by atoms with Crippen LogP contribution in [0.4, 0.5) is 5.69 Å². The number of hydrogen-bond acceptors (Lipinski definition) is 2. The van der Waals surface area contributed by atoms with E-state index in [1.165, 1.54) is 0 Å². The summed E-state index contributed by atoms with van der Waals surface area (Å²) in [5, 5.41) is 2.98. The lowest BCUT2D eigenvalue weighted by atomic mass is 10.1. The van der Waals surface area contributed by atoms with Gasteiger partial charge in [-0.1, -0.05) is 12.1 Å². The molecule has 19 heavy (non-hydrogen) atoms. The molecule has 1 aliphatic heterocycles. The Balaban J connectivity index is 1.61. The van der Waals surface area contributed by atoms with E-state index in [-0.39, 0.29) is 11.8 Å². The summed E-state index contributed by atoms with van der Waals surface area (Å²) in [6, 6.07) is 8.15. The van der Waals surface area contributed by atoms with Gasteiger partial charge in [-0.15, -0.1) is 0 Å². The summed E-state index contributed by atoms with van der Waals surface area (Å²) in [6.07, 6.45) is 4.23. The first-order valence-electron chi connectivity index (χ1n) is 6.91. The maximum absolute atomic E-state index is 11.7. The Bertz CT molecular complexity index is 491. The van der Waals surface area contributed by atoms with Gasteiger partial charge < -0.3 is 10.2 Å². The zero-order valence-electron chi connectivity index (χ0n) is 10.9. The highest BCUT2D eigenvalue weighted by atomic mass is 16.2. The van der Waals surface area contributed by atoms with Crippen molar-refractivity contribution in [1.29, 1.82) is 0 Å². The molecule has 1 N–H and O–H groups in total. The average Bonchev–Trinajstić information content (AvgIpc) is 3.10. The van der Waals surface area contributed by atoms with Crippen LogP contribution in [0.15, 0.2) is 24.3 Å². The first kappa shape index (κ1) is 12.2. The molecule has 2 fully saturated rings. The van der Waals surface area contributed by atoms with Crippen LogP contribution < -0.4 is 10.2 Å². The third-order valence-corrected chi connectivity index (χ3v) is 3.63. The molecule has 1 aliphatic carbocycles. The average molecular weight is 258 g/mol. The van der Waals surface area contributed by atoms with E-state index in [0.29, 0.717) is 18.9 Å². The SMILES string of the molecule is O=C(Cc1ccc(N2CCCC2=O)cc1)NC1CC1. The molecule has 3 rings (SSSR count). The minimum absolute atomic E-state index is 0.0903. The Hall–Kier alpha value is -1.84. The molecule has 4 nitrogen and oxygen atoms in total. The Kier molecular flexibility index (Phi) is 3.23. The van der Waals surface area contributed by atoms with Crippen LogP contribution in [0.3, 0.4) is 0 Å². The van der Waals surface area contributed by atoms with Crippen molar-refractivity contribution in [3.8, 4) is 0 Å². The standard InChI is InChI=1S/C15H18N2O2/c18-14(16-12-5-6-12)10-11-3-7-13(8-4-11)17-9-1-2-15(17)19/h3-4,7-8,12H,1-2,5-6,9-10H2,(H,16,18). The van der Waals surface area contributed by atoms with Gasteiger partial charge >= 0.3 is 0 Å². The fourth-order valence-corrected chi connectivity index (χ4v) is 2.41. The van der Waals surface area contributed by atoms with E-state index < -0.39 is 0 Å². The van der Waals surface area contributed by atoms with E-state index in [2.05, 4.69) is 5.32 Å². The number of carbonyl (C=O) groups excluding carboxylic acids is 2. The second-order valence-electron chi connectivity index (χ2n) is 5.33. The first-order valence-corrected chi connectivity index (χ1v) is 6.91. The number of nitrogens with zero attached hydrogens (tertiary/aromatic N) is 1. The second-order valence-corrected chi connectivity index (χ2v) is 5.33. The number of hydrogen-bond donors (Lipinski definition) is 1. The Labute approximate surface area is 112 Å². The molecule has 4 heteroatoms. The number of benzene rings is 1. The maximum atomic E-state index is 11.7. The lowest BCUT2D eigenvalue weighted by Crippen LogP contribution is -2.27. The quantitative estimate of drug-likeness (QED) is 0.892. The van der Waals surface area contributed by atoms with Gasteiger partial charge in [-0.3, -0.25) is 9.59 Å². The van der Waals surface area contributed by atoms with Crippen LogP contribution >= 0.6 is 0 Å². The molecule has 0 bridgehead atoms. The van der Waals surface area contributed by atoms with Crippen molar-refractivity contribution in [2.24, 2.45) is 0 Å². The minimum Gasteiger partial charge on any atom is -0.353 e. The molecule has 0 radical (unpaired) electrons. The summed E-state index contributed by atoms with van der Waals surface area (Å²) >= 11 is 0. The predicted molar refractivity (Wildman–Crippen MR) is 72.9 cm³/mol. The molecule has 1 saturated heterocycles. The minimum atomic E-state index is 0.0903. The fraction of sp³-hybridized carbons (Fsp3) is 0.467. The summed E-state index contributed by atoms with van der Waals surface area (Å²) in [5.74, 6) is 0.284. The molecule has 1 saturated carbocycles. The van der Waals surface area contributed by atoms with E-state index in [1.54, 1.807) is 0 Å². The normalized spacial score (nSPS) is 18.7. The second kappa shape index (κ2) is 5.03. The van der Waals surface area contributed by atoms with Crippen LogP contribution in [-0.2, 0) is 16.0 Å². The van der Waals surface area contributed by atoms with Gasteiger partial charge in [0.15, 0.2) is 0 Å². The Morgan fingerprint density at radius 2 is 2.00 bits per heavy atom. The molecule has 0 aromatic heterocycles. The van der Waals surface area contributed by atoms with Crippen LogP contribution in [0.1, 0.15) is 31.2 Å². The lowest BCUT2D eigenvalue weighted by Gasteiger charge is -2.15. The van der Waals surface area contributed by atoms with Crippen molar-refractivity contribution in [3.05, 3.63) is 29.8 Å². The molecule has 1 aromatic rings. The third kappa shape index (κ3) is 2.95. The van der Waals surface area contributed by atoms with E-state index in [0.717, 1.165) is 37.1 Å². The highest BCUT2D eigenvalue weighted by Gasteiger charge is 2.23. The Morgan fingerprint density at radius 3 is 2.58 bits per heavy atom. The molecule has 1 aromatic carbocycles. The largest absolute Gasteiger partial charge is 0.353 e. The number of anilines is 1. The van der Waals surface area contributed by atoms with Crippen LogP contribution in [0, 0.1) is 0 Å². The monoisotopic (exact) mass is 258 g/mol. The van der Waals surface area contributed by atoms with E-state index in [9.17, 15) is 9.59 Å². The van der Waals surface area contributed by atoms with Crippen LogP contribution in [0.25, 0.3) is 0 Å². The van der Waals surface area contributed by atoms with Gasteiger partial charge in [0.2, 0.25) is 11.8 Å². The van der Waals surface area contributed by atoms with Crippen LogP contribution in [-0.4, -0.2) is 24.4 Å². The van der Waals surface area contributed by atoms with Crippen molar-refractivity contribution in [1.82, 2.24) is 5.32 Å². The smallest absolute Gasteiger partial charge is 0.227 e. The summed E-state index contributed by atoms with van der Waals surface area (Å²) in [4.78, 5) is 25.1. The molecule has 1 heterocycles. The molecule has 0 spiro atoms.